The Morgan fingerprint density at radius 1 is 0.955 bits per heavy atom. The van der Waals surface area contributed by atoms with Gasteiger partial charge in [0.15, 0.2) is 5.78 Å². The predicted octanol–water partition coefficient (Wildman–Crippen LogP) is 5.22. The molecular formula is C18H17Cl2NO. The third-order valence-electron chi connectivity index (χ3n) is 3.37. The molecule has 0 heterocycles. The van der Waals surface area contributed by atoms with Crippen molar-refractivity contribution < 1.29 is 4.79 Å². The van der Waals surface area contributed by atoms with Crippen molar-refractivity contribution >= 4 is 34.6 Å². The van der Waals surface area contributed by atoms with E-state index in [1.165, 1.54) is 0 Å². The zero-order valence-electron chi connectivity index (χ0n) is 12.4. The molecule has 0 amide bonds. The minimum Gasteiger partial charge on any atom is -0.381 e. The van der Waals surface area contributed by atoms with Crippen LogP contribution in [0.1, 0.15) is 29.8 Å². The minimum absolute atomic E-state index is 0.0248. The van der Waals surface area contributed by atoms with Gasteiger partial charge in [-0.15, -0.1) is 0 Å². The molecule has 1 unspecified atom stereocenters. The lowest BCUT2D eigenvalue weighted by atomic mass is 10.1. The van der Waals surface area contributed by atoms with Gasteiger partial charge in [0.05, 0.1) is 6.04 Å². The Kier molecular flexibility index (Phi) is 5.64. The topological polar surface area (TPSA) is 29.1 Å². The summed E-state index contributed by atoms with van der Waals surface area (Å²) in [4.78, 5) is 12.3. The van der Waals surface area contributed by atoms with Crippen molar-refractivity contribution in [3.8, 4) is 0 Å². The van der Waals surface area contributed by atoms with Crippen LogP contribution in [0.3, 0.4) is 0 Å². The van der Waals surface area contributed by atoms with Gasteiger partial charge in [-0.25, -0.2) is 0 Å². The fraction of sp³-hybridized carbons (Fsp3) is 0.167. The van der Waals surface area contributed by atoms with Gasteiger partial charge in [0.25, 0.3) is 0 Å². The summed E-state index contributed by atoms with van der Waals surface area (Å²) in [7, 11) is 0. The Bertz CT molecular complexity index is 675. The third kappa shape index (κ3) is 4.36. The molecule has 0 fully saturated rings. The van der Waals surface area contributed by atoms with E-state index in [2.05, 4.69) is 5.32 Å². The minimum atomic E-state index is -0.316. The number of hydrogen-bond acceptors (Lipinski definition) is 2. The van der Waals surface area contributed by atoms with Crippen molar-refractivity contribution in [3.05, 3.63) is 75.9 Å². The highest BCUT2D eigenvalue weighted by Gasteiger charge is 2.13. The summed E-state index contributed by atoms with van der Waals surface area (Å²) in [5, 5.41) is 4.46. The molecule has 0 bridgehead atoms. The van der Waals surface area contributed by atoms with Gasteiger partial charge in [-0.05, 0) is 61.4 Å². The number of benzene rings is 2. The summed E-state index contributed by atoms with van der Waals surface area (Å²) in [6.07, 6.45) is 1.85. The number of nitrogens with one attached hydrogen (secondary N) is 1. The molecule has 0 aliphatic heterocycles. The normalized spacial score (nSPS) is 12.8. The first-order valence-electron chi connectivity index (χ1n) is 6.96. The molecule has 2 nitrogen and oxygen atoms in total. The average molecular weight is 334 g/mol. The summed E-state index contributed by atoms with van der Waals surface area (Å²) in [5.41, 5.74) is 2.73. The Morgan fingerprint density at radius 2 is 1.41 bits per heavy atom. The van der Waals surface area contributed by atoms with Gasteiger partial charge in [0, 0.05) is 21.8 Å². The maximum atomic E-state index is 12.3. The fourth-order valence-corrected chi connectivity index (χ4v) is 2.24. The second-order valence-corrected chi connectivity index (χ2v) is 5.97. The Balaban J connectivity index is 2.03. The maximum absolute atomic E-state index is 12.3. The molecule has 0 radical (unpaired) electrons. The summed E-state index contributed by atoms with van der Waals surface area (Å²) < 4.78 is 0. The molecule has 0 aromatic heterocycles. The highest BCUT2D eigenvalue weighted by Crippen LogP contribution is 2.17. The second-order valence-electron chi connectivity index (χ2n) is 5.09. The van der Waals surface area contributed by atoms with E-state index in [0.717, 1.165) is 11.1 Å². The van der Waals surface area contributed by atoms with Crippen molar-refractivity contribution in [2.75, 3.05) is 0 Å². The molecule has 0 saturated heterocycles. The number of carbonyl (C=O) groups excluding carboxylic acids is 1. The van der Waals surface area contributed by atoms with Crippen molar-refractivity contribution in [1.82, 2.24) is 5.32 Å². The van der Waals surface area contributed by atoms with E-state index in [1.54, 1.807) is 24.3 Å². The molecule has 114 valence electrons. The van der Waals surface area contributed by atoms with Crippen LogP contribution >= 0.6 is 23.2 Å². The number of carbonyl (C=O) groups is 1. The maximum Gasteiger partial charge on any atom is 0.184 e. The molecule has 0 aliphatic carbocycles. The fourth-order valence-electron chi connectivity index (χ4n) is 1.99. The summed E-state index contributed by atoms with van der Waals surface area (Å²) in [6.45, 7) is 3.82. The number of allylic oxidation sites excluding steroid dienone is 1. The quantitative estimate of drug-likeness (QED) is 0.760. The lowest BCUT2D eigenvalue weighted by molar-refractivity contribution is 0.0957. The van der Waals surface area contributed by atoms with E-state index in [1.807, 2.05) is 44.3 Å². The zero-order chi connectivity index (χ0) is 16.1. The molecular weight excluding hydrogens is 317 g/mol. The lowest BCUT2D eigenvalue weighted by Crippen LogP contribution is -2.30. The van der Waals surface area contributed by atoms with Crippen LogP contribution in [0.5, 0.6) is 0 Å². The highest BCUT2D eigenvalue weighted by atomic mass is 35.5. The van der Waals surface area contributed by atoms with Crippen LogP contribution in [0.4, 0.5) is 0 Å². The molecule has 0 spiro atoms. The standard InChI is InChI=1S/C18H17Cl2NO/c1-12(14-3-7-16(19)8-4-14)11-21-13(2)18(22)15-5-9-17(20)10-6-15/h3-11,13,21H,1-2H3/b12-11+. The largest absolute Gasteiger partial charge is 0.381 e. The van der Waals surface area contributed by atoms with Crippen molar-refractivity contribution in [3.63, 3.8) is 0 Å². The molecule has 4 heteroatoms. The van der Waals surface area contributed by atoms with Crippen LogP contribution in [-0.2, 0) is 0 Å². The van der Waals surface area contributed by atoms with Gasteiger partial charge in [-0.1, -0.05) is 35.3 Å². The zero-order valence-corrected chi connectivity index (χ0v) is 13.9. The lowest BCUT2D eigenvalue weighted by Gasteiger charge is -2.12. The van der Waals surface area contributed by atoms with Gasteiger partial charge in [-0.2, -0.15) is 0 Å². The first kappa shape index (κ1) is 16.6. The van der Waals surface area contributed by atoms with Crippen LogP contribution in [0, 0.1) is 0 Å². The molecule has 1 atom stereocenters. The molecule has 2 rings (SSSR count). The van der Waals surface area contributed by atoms with Crippen LogP contribution in [0.15, 0.2) is 54.7 Å². The van der Waals surface area contributed by atoms with Crippen LogP contribution in [-0.4, -0.2) is 11.8 Å². The van der Waals surface area contributed by atoms with Crippen LogP contribution in [0.25, 0.3) is 5.57 Å². The first-order chi connectivity index (χ1) is 10.5. The van der Waals surface area contributed by atoms with Crippen molar-refractivity contribution in [2.45, 2.75) is 19.9 Å². The monoisotopic (exact) mass is 333 g/mol. The predicted molar refractivity (Wildman–Crippen MR) is 93.5 cm³/mol. The number of Topliss-reactive ketones (excluding diaryl/α,β-unsaturated/α-hetero) is 1. The van der Waals surface area contributed by atoms with E-state index in [-0.39, 0.29) is 11.8 Å². The van der Waals surface area contributed by atoms with E-state index in [4.69, 9.17) is 23.2 Å². The number of rotatable bonds is 5. The van der Waals surface area contributed by atoms with E-state index in [0.29, 0.717) is 15.6 Å². The summed E-state index contributed by atoms with van der Waals surface area (Å²) >= 11 is 11.7. The SMILES string of the molecule is C/C(=C\NC(C)C(=O)c1ccc(Cl)cc1)c1ccc(Cl)cc1. The Labute approximate surface area is 140 Å². The van der Waals surface area contributed by atoms with E-state index >= 15 is 0 Å². The summed E-state index contributed by atoms with van der Waals surface area (Å²) in [6, 6.07) is 14.2. The first-order valence-corrected chi connectivity index (χ1v) is 7.71. The number of hydrogen-bond donors (Lipinski definition) is 1. The molecule has 22 heavy (non-hydrogen) atoms. The third-order valence-corrected chi connectivity index (χ3v) is 3.88. The van der Waals surface area contributed by atoms with Crippen LogP contribution in [0.2, 0.25) is 10.0 Å². The van der Waals surface area contributed by atoms with E-state index < -0.39 is 0 Å². The van der Waals surface area contributed by atoms with Gasteiger partial charge in [0.1, 0.15) is 0 Å². The van der Waals surface area contributed by atoms with Gasteiger partial charge >= 0.3 is 0 Å². The smallest absolute Gasteiger partial charge is 0.184 e. The average Bonchev–Trinajstić information content (AvgIpc) is 2.53. The van der Waals surface area contributed by atoms with Gasteiger partial charge in [0.2, 0.25) is 0 Å². The highest BCUT2D eigenvalue weighted by molar-refractivity contribution is 6.30. The van der Waals surface area contributed by atoms with Gasteiger partial charge < -0.3 is 5.32 Å². The number of ketones is 1. The molecule has 2 aromatic rings. The molecule has 2 aromatic carbocycles. The van der Waals surface area contributed by atoms with Crippen molar-refractivity contribution in [2.24, 2.45) is 0 Å². The Hall–Kier alpha value is -1.77. The van der Waals surface area contributed by atoms with Gasteiger partial charge in [-0.3, -0.25) is 4.79 Å². The van der Waals surface area contributed by atoms with E-state index in [9.17, 15) is 4.79 Å². The molecule has 1 N–H and O–H groups in total. The molecule has 0 saturated carbocycles. The summed E-state index contributed by atoms with van der Waals surface area (Å²) in [5.74, 6) is 0.0248. The van der Waals surface area contributed by atoms with Crippen molar-refractivity contribution in [1.29, 1.82) is 0 Å². The van der Waals surface area contributed by atoms with Crippen LogP contribution < -0.4 is 5.32 Å². The number of halogens is 2. The second kappa shape index (κ2) is 7.48. The molecule has 0 aliphatic rings. The Morgan fingerprint density at radius 3 is 1.91 bits per heavy atom.